The Balaban J connectivity index is 1.63. The zero-order valence-corrected chi connectivity index (χ0v) is 14.1. The summed E-state index contributed by atoms with van der Waals surface area (Å²) in [5, 5.41) is 0. The molecular weight excluding hydrogens is 308 g/mol. The van der Waals surface area contributed by atoms with Gasteiger partial charge in [-0.15, -0.1) is 0 Å². The molecule has 2 aliphatic heterocycles. The van der Waals surface area contributed by atoms with Gasteiger partial charge in [-0.2, -0.15) is 0 Å². The molecule has 0 radical (unpaired) electrons. The summed E-state index contributed by atoms with van der Waals surface area (Å²) in [7, 11) is 1.42. The highest BCUT2D eigenvalue weighted by atomic mass is 16.5. The van der Waals surface area contributed by atoms with Gasteiger partial charge in [0.2, 0.25) is 0 Å². The fraction of sp³-hybridized carbons (Fsp3) is 0.667. The van der Waals surface area contributed by atoms with Crippen LogP contribution >= 0.6 is 0 Å². The van der Waals surface area contributed by atoms with E-state index < -0.39 is 0 Å². The second-order valence-corrected chi connectivity index (χ2v) is 6.72. The number of fused-ring (bicyclic) bond motifs is 1. The SMILES string of the molecule is COC(=O)c1cc2c(nc1N1CCOC(C3CCCO3)C1)CCC2. The van der Waals surface area contributed by atoms with Gasteiger partial charge in [-0.25, -0.2) is 9.78 Å². The second kappa shape index (κ2) is 6.69. The van der Waals surface area contributed by atoms with Crippen LogP contribution in [-0.4, -0.2) is 56.6 Å². The molecular formula is C18H24N2O4. The fourth-order valence-corrected chi connectivity index (χ4v) is 3.95. The Hall–Kier alpha value is -1.66. The highest BCUT2D eigenvalue weighted by Gasteiger charge is 2.33. The van der Waals surface area contributed by atoms with Crippen LogP contribution in [0.4, 0.5) is 5.82 Å². The molecule has 0 saturated carbocycles. The van der Waals surface area contributed by atoms with Crippen LogP contribution < -0.4 is 4.90 Å². The Kier molecular flexibility index (Phi) is 4.41. The molecule has 6 nitrogen and oxygen atoms in total. The number of hydrogen-bond donors (Lipinski definition) is 0. The van der Waals surface area contributed by atoms with E-state index in [1.54, 1.807) is 0 Å². The Morgan fingerprint density at radius 2 is 2.12 bits per heavy atom. The maximum absolute atomic E-state index is 12.3. The average Bonchev–Trinajstić information content (AvgIpc) is 3.31. The summed E-state index contributed by atoms with van der Waals surface area (Å²) >= 11 is 0. The number of nitrogens with zero attached hydrogens (tertiary/aromatic N) is 2. The highest BCUT2D eigenvalue weighted by molar-refractivity contribution is 5.95. The lowest BCUT2D eigenvalue weighted by atomic mass is 10.1. The van der Waals surface area contributed by atoms with Gasteiger partial charge in [0, 0.05) is 25.4 Å². The lowest BCUT2D eigenvalue weighted by molar-refractivity contribution is -0.0544. The van der Waals surface area contributed by atoms with Crippen molar-refractivity contribution in [3.05, 3.63) is 22.9 Å². The zero-order valence-electron chi connectivity index (χ0n) is 14.1. The third-order valence-electron chi connectivity index (χ3n) is 5.21. The Bertz CT molecular complexity index is 628. The van der Waals surface area contributed by atoms with Crippen molar-refractivity contribution in [3.63, 3.8) is 0 Å². The number of rotatable bonds is 3. The highest BCUT2D eigenvalue weighted by Crippen LogP contribution is 2.30. The van der Waals surface area contributed by atoms with Gasteiger partial charge in [-0.3, -0.25) is 0 Å². The van der Waals surface area contributed by atoms with Crippen molar-refractivity contribution in [3.8, 4) is 0 Å². The summed E-state index contributed by atoms with van der Waals surface area (Å²) in [5.41, 5.74) is 2.88. The van der Waals surface area contributed by atoms with Gasteiger partial charge in [0.05, 0.1) is 19.8 Å². The van der Waals surface area contributed by atoms with Crippen molar-refractivity contribution in [1.82, 2.24) is 4.98 Å². The summed E-state index contributed by atoms with van der Waals surface area (Å²) < 4.78 is 16.7. The van der Waals surface area contributed by atoms with E-state index in [1.807, 2.05) is 6.07 Å². The molecule has 3 heterocycles. The Labute approximate surface area is 142 Å². The van der Waals surface area contributed by atoms with E-state index >= 15 is 0 Å². The number of carbonyl (C=O) groups is 1. The molecule has 1 aromatic rings. The van der Waals surface area contributed by atoms with Gasteiger partial charge in [0.25, 0.3) is 0 Å². The average molecular weight is 332 g/mol. The molecule has 2 unspecified atom stereocenters. The van der Waals surface area contributed by atoms with E-state index in [1.165, 1.54) is 12.7 Å². The monoisotopic (exact) mass is 332 g/mol. The normalized spacial score (nSPS) is 26.5. The predicted molar refractivity (Wildman–Crippen MR) is 88.5 cm³/mol. The van der Waals surface area contributed by atoms with Crippen molar-refractivity contribution in [2.75, 3.05) is 38.3 Å². The van der Waals surface area contributed by atoms with Crippen molar-refractivity contribution >= 4 is 11.8 Å². The summed E-state index contributed by atoms with van der Waals surface area (Å²) in [6, 6.07) is 1.98. The van der Waals surface area contributed by atoms with Crippen LogP contribution in [0.3, 0.4) is 0 Å². The smallest absolute Gasteiger partial charge is 0.341 e. The van der Waals surface area contributed by atoms with Crippen molar-refractivity contribution < 1.29 is 19.0 Å². The van der Waals surface area contributed by atoms with Crippen LogP contribution in [0.2, 0.25) is 0 Å². The molecule has 130 valence electrons. The van der Waals surface area contributed by atoms with E-state index in [-0.39, 0.29) is 18.2 Å². The number of esters is 1. The molecule has 0 amide bonds. The number of morpholine rings is 1. The molecule has 1 aliphatic carbocycles. The number of aromatic nitrogens is 1. The third kappa shape index (κ3) is 2.89. The number of aryl methyl sites for hydroxylation is 2. The Morgan fingerprint density at radius 1 is 1.25 bits per heavy atom. The molecule has 2 saturated heterocycles. The first kappa shape index (κ1) is 15.8. The van der Waals surface area contributed by atoms with Crippen molar-refractivity contribution in [1.29, 1.82) is 0 Å². The van der Waals surface area contributed by atoms with Gasteiger partial charge in [-0.1, -0.05) is 0 Å². The first-order valence-electron chi connectivity index (χ1n) is 8.85. The first-order chi connectivity index (χ1) is 11.8. The molecule has 1 aromatic heterocycles. The fourth-order valence-electron chi connectivity index (χ4n) is 3.95. The summed E-state index contributed by atoms with van der Waals surface area (Å²) in [5.74, 6) is 0.432. The molecule has 2 atom stereocenters. The predicted octanol–water partition coefficient (Wildman–Crippen LogP) is 1.74. The zero-order chi connectivity index (χ0) is 16.5. The molecule has 2 fully saturated rings. The number of pyridine rings is 1. The van der Waals surface area contributed by atoms with Crippen LogP contribution in [0.15, 0.2) is 6.07 Å². The third-order valence-corrected chi connectivity index (χ3v) is 5.21. The molecule has 6 heteroatoms. The van der Waals surface area contributed by atoms with Gasteiger partial charge >= 0.3 is 5.97 Å². The van der Waals surface area contributed by atoms with Gasteiger partial charge < -0.3 is 19.1 Å². The quantitative estimate of drug-likeness (QED) is 0.786. The van der Waals surface area contributed by atoms with E-state index in [2.05, 4.69) is 4.90 Å². The van der Waals surface area contributed by atoms with Crippen LogP contribution in [0.5, 0.6) is 0 Å². The molecule has 0 aromatic carbocycles. The maximum atomic E-state index is 12.3. The van der Waals surface area contributed by atoms with Crippen LogP contribution in [0.25, 0.3) is 0 Å². The van der Waals surface area contributed by atoms with Crippen LogP contribution in [0.1, 0.15) is 40.9 Å². The number of hydrogen-bond acceptors (Lipinski definition) is 6. The van der Waals surface area contributed by atoms with E-state index in [0.717, 1.165) is 56.8 Å². The van der Waals surface area contributed by atoms with Gasteiger partial charge in [0.1, 0.15) is 17.5 Å². The van der Waals surface area contributed by atoms with Gasteiger partial charge in [0.15, 0.2) is 0 Å². The van der Waals surface area contributed by atoms with E-state index in [0.29, 0.717) is 18.7 Å². The van der Waals surface area contributed by atoms with E-state index in [9.17, 15) is 4.79 Å². The minimum Gasteiger partial charge on any atom is -0.465 e. The number of carbonyl (C=O) groups excluding carboxylic acids is 1. The minimum absolute atomic E-state index is 0.0433. The first-order valence-corrected chi connectivity index (χ1v) is 8.85. The summed E-state index contributed by atoms with van der Waals surface area (Å²) in [4.78, 5) is 19.3. The second-order valence-electron chi connectivity index (χ2n) is 6.72. The van der Waals surface area contributed by atoms with E-state index in [4.69, 9.17) is 19.2 Å². The van der Waals surface area contributed by atoms with Crippen molar-refractivity contribution in [2.24, 2.45) is 0 Å². The minimum atomic E-state index is -0.313. The van der Waals surface area contributed by atoms with Gasteiger partial charge in [-0.05, 0) is 43.7 Å². The molecule has 24 heavy (non-hydrogen) atoms. The molecule has 3 aliphatic rings. The van der Waals surface area contributed by atoms with Crippen LogP contribution in [0, 0.1) is 0 Å². The molecule has 0 spiro atoms. The Morgan fingerprint density at radius 3 is 2.92 bits per heavy atom. The lowest BCUT2D eigenvalue weighted by Gasteiger charge is -2.36. The number of ether oxygens (including phenoxy) is 3. The molecule has 0 N–H and O–H groups in total. The molecule has 4 rings (SSSR count). The number of methoxy groups -OCH3 is 1. The standard InChI is InChI=1S/C18H24N2O4/c1-22-18(21)13-10-12-4-2-5-14(12)19-17(13)20-7-9-24-16(11-20)15-6-3-8-23-15/h10,15-16H,2-9,11H2,1H3. The summed E-state index contributed by atoms with van der Waals surface area (Å²) in [6.07, 6.45) is 5.42. The molecule has 0 bridgehead atoms. The lowest BCUT2D eigenvalue weighted by Crippen LogP contribution is -2.48. The maximum Gasteiger partial charge on any atom is 0.341 e. The number of anilines is 1. The topological polar surface area (TPSA) is 60.9 Å². The van der Waals surface area contributed by atoms with Crippen molar-refractivity contribution in [2.45, 2.75) is 44.3 Å². The van der Waals surface area contributed by atoms with Crippen LogP contribution in [-0.2, 0) is 27.1 Å². The largest absolute Gasteiger partial charge is 0.465 e. The summed E-state index contributed by atoms with van der Waals surface area (Å²) in [6.45, 7) is 2.89.